The summed E-state index contributed by atoms with van der Waals surface area (Å²) in [6, 6.07) is 0. The average molecular weight is 274 g/mol. The fourth-order valence-electron chi connectivity index (χ4n) is 1.62. The van der Waals surface area contributed by atoms with Gasteiger partial charge in [0.2, 0.25) is 0 Å². The highest BCUT2D eigenvalue weighted by Crippen LogP contribution is 2.45. The highest BCUT2D eigenvalue weighted by atomic mass is 32.3. The molecule has 5 N–H and O–H groups in total. The summed E-state index contributed by atoms with van der Waals surface area (Å²) in [4.78, 5) is 0. The van der Waals surface area contributed by atoms with E-state index in [9.17, 15) is 28.8 Å². The standard InChI is InChI=1S/C6H10O10S/c7-1-2-3(8)4(9)5(10)6(11,14-2)16-17(12,13)15-5/h2-4,7-11H,1H2. The number of fused-ring (bicyclic) bond motifs is 1. The molecule has 5 unspecified atom stereocenters. The highest BCUT2D eigenvalue weighted by molar-refractivity contribution is 7.82. The van der Waals surface area contributed by atoms with Crippen LogP contribution in [0, 0.1) is 0 Å². The van der Waals surface area contributed by atoms with Gasteiger partial charge in [0.25, 0.3) is 5.79 Å². The van der Waals surface area contributed by atoms with Gasteiger partial charge >= 0.3 is 16.4 Å². The first-order valence-corrected chi connectivity index (χ1v) is 5.74. The molecule has 0 saturated carbocycles. The van der Waals surface area contributed by atoms with Gasteiger partial charge in [-0.2, -0.15) is 12.6 Å². The van der Waals surface area contributed by atoms with E-state index in [0.717, 1.165) is 0 Å². The van der Waals surface area contributed by atoms with Crippen LogP contribution < -0.4 is 0 Å². The van der Waals surface area contributed by atoms with Gasteiger partial charge in [-0.25, -0.2) is 4.18 Å². The number of aliphatic hydroxyl groups is 5. The van der Waals surface area contributed by atoms with Crippen molar-refractivity contribution in [1.29, 1.82) is 0 Å². The lowest BCUT2D eigenvalue weighted by atomic mass is 9.94. The lowest BCUT2D eigenvalue weighted by Gasteiger charge is -2.44. The quantitative estimate of drug-likeness (QED) is 0.316. The van der Waals surface area contributed by atoms with Crippen LogP contribution in [0.1, 0.15) is 0 Å². The van der Waals surface area contributed by atoms with Crippen LogP contribution in [0.5, 0.6) is 0 Å². The van der Waals surface area contributed by atoms with E-state index in [1.807, 2.05) is 0 Å². The van der Waals surface area contributed by atoms with Gasteiger partial charge in [-0.15, -0.1) is 0 Å². The van der Waals surface area contributed by atoms with Crippen LogP contribution in [0.15, 0.2) is 0 Å². The SMILES string of the molecule is O=S1(=O)OC2(O)OC(CO)C(O)C(O)C2(O)O1. The average Bonchev–Trinajstić information content (AvgIpc) is 2.39. The van der Waals surface area contributed by atoms with Crippen LogP contribution in [0.3, 0.4) is 0 Å². The van der Waals surface area contributed by atoms with Crippen molar-refractivity contribution in [2.45, 2.75) is 30.1 Å². The van der Waals surface area contributed by atoms with Crippen molar-refractivity contribution >= 4 is 10.4 Å². The molecular weight excluding hydrogens is 264 g/mol. The van der Waals surface area contributed by atoms with Crippen molar-refractivity contribution in [1.82, 2.24) is 0 Å². The summed E-state index contributed by atoms with van der Waals surface area (Å²) in [5.74, 6) is -6.45. The first-order valence-electron chi connectivity index (χ1n) is 4.41. The lowest BCUT2D eigenvalue weighted by molar-refractivity contribution is -0.475. The molecule has 2 aliphatic heterocycles. The zero-order chi connectivity index (χ0) is 13.1. The van der Waals surface area contributed by atoms with Gasteiger partial charge in [0, 0.05) is 0 Å². The normalized spacial score (nSPS) is 53.4. The Morgan fingerprint density at radius 3 is 2.29 bits per heavy atom. The van der Waals surface area contributed by atoms with Crippen LogP contribution in [-0.2, 0) is 23.5 Å². The van der Waals surface area contributed by atoms with Gasteiger partial charge in [-0.3, -0.25) is 0 Å². The second-order valence-electron chi connectivity index (χ2n) is 3.63. The van der Waals surface area contributed by atoms with Crippen molar-refractivity contribution < 1.29 is 47.1 Å². The van der Waals surface area contributed by atoms with Crippen LogP contribution in [0.25, 0.3) is 0 Å². The first-order chi connectivity index (χ1) is 7.65. The van der Waals surface area contributed by atoms with E-state index in [4.69, 9.17) is 5.11 Å². The molecule has 2 fully saturated rings. The summed E-state index contributed by atoms with van der Waals surface area (Å²) in [7, 11) is -4.81. The minimum Gasteiger partial charge on any atom is -0.394 e. The number of hydrogen-bond acceptors (Lipinski definition) is 10. The molecule has 0 aromatic carbocycles. The fraction of sp³-hybridized carbons (Fsp3) is 1.00. The summed E-state index contributed by atoms with van der Waals surface area (Å²) >= 11 is 0. The Balaban J connectivity index is 2.45. The topological polar surface area (TPSA) is 163 Å². The van der Waals surface area contributed by atoms with Gasteiger partial charge in [0.1, 0.15) is 18.3 Å². The Kier molecular flexibility index (Phi) is 2.74. The molecule has 0 aromatic heterocycles. The smallest absolute Gasteiger partial charge is 0.394 e. The molecule has 0 spiro atoms. The fourth-order valence-corrected chi connectivity index (χ4v) is 2.60. The van der Waals surface area contributed by atoms with Gasteiger partial charge in [0.05, 0.1) is 6.61 Å². The lowest BCUT2D eigenvalue weighted by Crippen LogP contribution is -2.71. The molecule has 0 bridgehead atoms. The minimum absolute atomic E-state index is 0.861. The summed E-state index contributed by atoms with van der Waals surface area (Å²) < 4.78 is 34.3. The Morgan fingerprint density at radius 2 is 1.76 bits per heavy atom. The summed E-state index contributed by atoms with van der Waals surface area (Å²) in [5, 5.41) is 47.0. The molecule has 10 nitrogen and oxygen atoms in total. The van der Waals surface area contributed by atoms with Gasteiger partial charge in [-0.05, 0) is 0 Å². The van der Waals surface area contributed by atoms with Crippen LogP contribution in [0.4, 0.5) is 0 Å². The number of rotatable bonds is 1. The van der Waals surface area contributed by atoms with E-state index in [1.165, 1.54) is 0 Å². The van der Waals surface area contributed by atoms with Crippen molar-refractivity contribution in [3.8, 4) is 0 Å². The molecule has 2 saturated heterocycles. The van der Waals surface area contributed by atoms with Crippen molar-refractivity contribution in [3.05, 3.63) is 0 Å². The summed E-state index contributed by atoms with van der Waals surface area (Å²) in [6.07, 6.45) is -5.72. The molecule has 2 aliphatic rings. The maximum atomic E-state index is 11.0. The van der Waals surface area contributed by atoms with E-state index in [0.29, 0.717) is 0 Å². The molecule has 0 radical (unpaired) electrons. The van der Waals surface area contributed by atoms with Crippen molar-refractivity contribution in [3.63, 3.8) is 0 Å². The van der Waals surface area contributed by atoms with Crippen LogP contribution >= 0.6 is 0 Å². The van der Waals surface area contributed by atoms with Crippen LogP contribution in [0.2, 0.25) is 0 Å². The van der Waals surface area contributed by atoms with Crippen LogP contribution in [-0.4, -0.2) is 70.6 Å². The molecule has 0 amide bonds. The summed E-state index contributed by atoms with van der Waals surface area (Å²) in [6.45, 7) is -0.861. The highest BCUT2D eigenvalue weighted by Gasteiger charge is 2.74. The maximum absolute atomic E-state index is 11.0. The molecular formula is C6H10O10S. The third-order valence-corrected chi connectivity index (χ3v) is 3.38. The van der Waals surface area contributed by atoms with Crippen molar-refractivity contribution in [2.24, 2.45) is 0 Å². The molecule has 2 rings (SSSR count). The second-order valence-corrected chi connectivity index (χ2v) is 4.78. The predicted octanol–water partition coefficient (Wildman–Crippen LogP) is -4.27. The molecule has 2 heterocycles. The maximum Gasteiger partial charge on any atom is 0.407 e. The van der Waals surface area contributed by atoms with E-state index in [2.05, 4.69) is 13.1 Å². The molecule has 11 heteroatoms. The zero-order valence-corrected chi connectivity index (χ0v) is 8.94. The third-order valence-electron chi connectivity index (χ3n) is 2.49. The second kappa shape index (κ2) is 3.57. The molecule has 0 aromatic rings. The minimum atomic E-state index is -4.81. The van der Waals surface area contributed by atoms with Crippen molar-refractivity contribution in [2.75, 3.05) is 6.61 Å². The molecule has 100 valence electrons. The predicted molar refractivity (Wildman–Crippen MR) is 45.0 cm³/mol. The van der Waals surface area contributed by atoms with Gasteiger partial charge < -0.3 is 30.3 Å². The largest absolute Gasteiger partial charge is 0.407 e. The number of ether oxygens (including phenoxy) is 1. The Labute approximate surface area is 94.9 Å². The molecule has 0 aliphatic carbocycles. The summed E-state index contributed by atoms with van der Waals surface area (Å²) in [5.41, 5.74) is 0. The molecule has 5 atom stereocenters. The third kappa shape index (κ3) is 1.68. The Morgan fingerprint density at radius 1 is 1.18 bits per heavy atom. The first kappa shape index (κ1) is 13.1. The van der Waals surface area contributed by atoms with E-state index < -0.39 is 47.1 Å². The van der Waals surface area contributed by atoms with E-state index in [-0.39, 0.29) is 0 Å². The van der Waals surface area contributed by atoms with Gasteiger partial charge in [0.15, 0.2) is 0 Å². The Bertz CT molecular complexity index is 421. The van der Waals surface area contributed by atoms with E-state index >= 15 is 0 Å². The Hall–Kier alpha value is -0.370. The monoisotopic (exact) mass is 274 g/mol. The zero-order valence-electron chi connectivity index (χ0n) is 8.12. The molecule has 17 heavy (non-hydrogen) atoms. The number of aliphatic hydroxyl groups excluding tert-OH is 3. The van der Waals surface area contributed by atoms with E-state index in [1.54, 1.807) is 0 Å². The number of hydrogen-bond donors (Lipinski definition) is 5. The van der Waals surface area contributed by atoms with Gasteiger partial charge in [-0.1, -0.05) is 0 Å².